The number of nitrogens with one attached hydrogen (secondary N) is 1. The number of Topliss-reactive ketones (excluding diaryl/α,β-unsaturated/α-hetero) is 1. The van der Waals surface area contributed by atoms with Crippen molar-refractivity contribution >= 4 is 23.1 Å². The Morgan fingerprint density at radius 2 is 1.61 bits per heavy atom. The fraction of sp³-hybridized carbons (Fsp3) is 0.185. The van der Waals surface area contributed by atoms with Crippen LogP contribution in [0.5, 0.6) is 0 Å². The predicted octanol–water partition coefficient (Wildman–Crippen LogP) is 5.52. The highest BCUT2D eigenvalue weighted by molar-refractivity contribution is 6.16. The van der Waals surface area contributed by atoms with Gasteiger partial charge in [-0.15, -0.1) is 0 Å². The smallest absolute Gasteiger partial charge is 0.259 e. The normalized spacial score (nSPS) is 21.6. The number of carbonyl (C=O) groups excluding carboxylic acids is 2. The van der Waals surface area contributed by atoms with Gasteiger partial charge in [0.25, 0.3) is 5.91 Å². The Bertz CT molecular complexity index is 1270. The van der Waals surface area contributed by atoms with Gasteiger partial charge in [-0.25, -0.2) is 0 Å². The number of anilines is 2. The number of hydrogen-bond acceptors (Lipinski definition) is 3. The van der Waals surface area contributed by atoms with Crippen molar-refractivity contribution in [3.63, 3.8) is 0 Å². The summed E-state index contributed by atoms with van der Waals surface area (Å²) in [5, 5.41) is 3.55. The SMILES string of the molecule is Cc1ccc([C@H]2CC(=O)C3=C(C2)Nc2ccccc2N2C(=O)c4ccccc4[C@@H]32)cc1. The first kappa shape index (κ1) is 18.1. The van der Waals surface area contributed by atoms with Crippen molar-refractivity contribution < 1.29 is 9.59 Å². The lowest BCUT2D eigenvalue weighted by molar-refractivity contribution is -0.116. The number of fused-ring (bicyclic) bond motifs is 6. The van der Waals surface area contributed by atoms with Crippen LogP contribution in [0.2, 0.25) is 0 Å². The van der Waals surface area contributed by atoms with E-state index in [9.17, 15) is 9.59 Å². The van der Waals surface area contributed by atoms with E-state index in [-0.39, 0.29) is 23.7 Å². The van der Waals surface area contributed by atoms with Crippen molar-refractivity contribution in [2.24, 2.45) is 0 Å². The molecule has 1 N–H and O–H groups in total. The molecule has 0 unspecified atom stereocenters. The number of rotatable bonds is 1. The fourth-order valence-electron chi connectivity index (χ4n) is 5.24. The Balaban J connectivity index is 1.53. The standard InChI is InChI=1S/C27H22N2O2/c1-16-10-12-17(13-11-16)18-14-22-25(24(30)15-18)26-19-6-2-3-7-20(19)27(31)29(26)23-9-5-4-8-21(23)28-22/h2-13,18,26,28H,14-15H2,1H3/t18-,26+/m1/s1. The third kappa shape index (κ3) is 2.68. The van der Waals surface area contributed by atoms with E-state index in [0.717, 1.165) is 34.6 Å². The molecule has 0 saturated heterocycles. The molecule has 0 radical (unpaired) electrons. The molecule has 4 nitrogen and oxygen atoms in total. The molecular formula is C27H22N2O2. The highest BCUT2D eigenvalue weighted by Crippen LogP contribution is 2.50. The van der Waals surface area contributed by atoms with E-state index in [1.165, 1.54) is 11.1 Å². The second-order valence-corrected chi connectivity index (χ2v) is 8.64. The van der Waals surface area contributed by atoms with Crippen molar-refractivity contribution in [2.45, 2.75) is 31.7 Å². The van der Waals surface area contributed by atoms with Crippen LogP contribution >= 0.6 is 0 Å². The zero-order chi connectivity index (χ0) is 21.1. The topological polar surface area (TPSA) is 49.4 Å². The van der Waals surface area contributed by atoms with E-state index in [0.29, 0.717) is 12.0 Å². The zero-order valence-corrected chi connectivity index (χ0v) is 17.3. The molecule has 3 aromatic carbocycles. The molecule has 1 amide bonds. The van der Waals surface area contributed by atoms with Crippen molar-refractivity contribution in [2.75, 3.05) is 10.2 Å². The number of carbonyl (C=O) groups is 2. The Labute approximate surface area is 181 Å². The van der Waals surface area contributed by atoms with Gasteiger partial charge in [-0.3, -0.25) is 14.5 Å². The summed E-state index contributed by atoms with van der Waals surface area (Å²) in [4.78, 5) is 28.8. The summed E-state index contributed by atoms with van der Waals surface area (Å²) in [6.07, 6.45) is 1.21. The van der Waals surface area contributed by atoms with Gasteiger partial charge >= 0.3 is 0 Å². The van der Waals surface area contributed by atoms with Gasteiger partial charge in [0.2, 0.25) is 0 Å². The molecule has 2 heterocycles. The Morgan fingerprint density at radius 3 is 2.45 bits per heavy atom. The first-order valence-corrected chi connectivity index (χ1v) is 10.7. The monoisotopic (exact) mass is 406 g/mol. The van der Waals surface area contributed by atoms with Crippen LogP contribution in [0.3, 0.4) is 0 Å². The minimum atomic E-state index is -0.374. The zero-order valence-electron chi connectivity index (χ0n) is 17.3. The van der Waals surface area contributed by atoms with Crippen LogP contribution in [-0.4, -0.2) is 11.7 Å². The molecule has 2 aliphatic heterocycles. The Kier molecular flexibility index (Phi) is 3.90. The first-order valence-electron chi connectivity index (χ1n) is 10.7. The highest BCUT2D eigenvalue weighted by Gasteiger charge is 2.46. The van der Waals surface area contributed by atoms with Gasteiger partial charge < -0.3 is 5.32 Å². The minimum Gasteiger partial charge on any atom is -0.357 e. The summed E-state index contributed by atoms with van der Waals surface area (Å²) >= 11 is 0. The van der Waals surface area contributed by atoms with Crippen molar-refractivity contribution in [3.8, 4) is 0 Å². The summed E-state index contributed by atoms with van der Waals surface area (Å²) in [5.41, 5.74) is 7.36. The van der Waals surface area contributed by atoms with Gasteiger partial charge in [0.1, 0.15) is 0 Å². The van der Waals surface area contributed by atoms with Gasteiger partial charge in [-0.2, -0.15) is 0 Å². The molecule has 152 valence electrons. The second kappa shape index (κ2) is 6.67. The quantitative estimate of drug-likeness (QED) is 0.579. The fourth-order valence-corrected chi connectivity index (χ4v) is 5.24. The summed E-state index contributed by atoms with van der Waals surface area (Å²) < 4.78 is 0. The number of amides is 1. The molecule has 0 fully saturated rings. The molecule has 6 rings (SSSR count). The van der Waals surface area contributed by atoms with E-state index >= 15 is 0 Å². The van der Waals surface area contributed by atoms with Gasteiger partial charge in [-0.1, -0.05) is 60.2 Å². The van der Waals surface area contributed by atoms with E-state index < -0.39 is 0 Å². The van der Waals surface area contributed by atoms with Crippen LogP contribution < -0.4 is 10.2 Å². The third-order valence-electron chi connectivity index (χ3n) is 6.74. The number of nitrogens with zero attached hydrogens (tertiary/aromatic N) is 1. The van der Waals surface area contributed by atoms with Gasteiger partial charge in [-0.05, 0) is 48.6 Å². The number of benzene rings is 3. The Morgan fingerprint density at radius 1 is 0.871 bits per heavy atom. The lowest BCUT2D eigenvalue weighted by atomic mass is 9.78. The molecule has 1 aliphatic carbocycles. The molecular weight excluding hydrogens is 384 g/mol. The molecule has 0 saturated carbocycles. The summed E-state index contributed by atoms with van der Waals surface area (Å²) in [6.45, 7) is 2.07. The van der Waals surface area contributed by atoms with E-state index in [2.05, 4.69) is 36.5 Å². The van der Waals surface area contributed by atoms with Crippen LogP contribution in [-0.2, 0) is 4.79 Å². The van der Waals surface area contributed by atoms with Crippen LogP contribution in [0.15, 0.2) is 84.1 Å². The number of allylic oxidation sites excluding steroid dienone is 1. The largest absolute Gasteiger partial charge is 0.357 e. The van der Waals surface area contributed by atoms with Crippen LogP contribution in [0.4, 0.5) is 11.4 Å². The summed E-state index contributed by atoms with van der Waals surface area (Å²) in [7, 11) is 0. The van der Waals surface area contributed by atoms with Gasteiger partial charge in [0.15, 0.2) is 5.78 Å². The average Bonchev–Trinajstić information content (AvgIpc) is 2.97. The lowest BCUT2D eigenvalue weighted by Gasteiger charge is -2.30. The van der Waals surface area contributed by atoms with Gasteiger partial charge in [0.05, 0.1) is 17.4 Å². The van der Waals surface area contributed by atoms with Crippen molar-refractivity contribution in [1.82, 2.24) is 0 Å². The average molecular weight is 406 g/mol. The number of hydrogen-bond donors (Lipinski definition) is 1. The molecule has 3 aliphatic rings. The maximum Gasteiger partial charge on any atom is 0.259 e. The molecule has 3 aromatic rings. The van der Waals surface area contributed by atoms with Crippen molar-refractivity contribution in [3.05, 3.63) is 106 Å². The molecule has 4 heteroatoms. The van der Waals surface area contributed by atoms with Gasteiger partial charge in [0, 0.05) is 23.3 Å². The third-order valence-corrected chi connectivity index (χ3v) is 6.74. The number of ketones is 1. The van der Waals surface area contributed by atoms with E-state index in [1.807, 2.05) is 48.5 Å². The summed E-state index contributed by atoms with van der Waals surface area (Å²) in [6, 6.07) is 23.6. The lowest BCUT2D eigenvalue weighted by Crippen LogP contribution is -2.32. The highest BCUT2D eigenvalue weighted by atomic mass is 16.2. The Hall–Kier alpha value is -3.66. The molecule has 0 aromatic heterocycles. The minimum absolute atomic E-state index is 0.0444. The number of aryl methyl sites for hydroxylation is 1. The first-order chi connectivity index (χ1) is 15.1. The maximum absolute atomic E-state index is 13.6. The van der Waals surface area contributed by atoms with E-state index in [1.54, 1.807) is 4.90 Å². The molecule has 2 atom stereocenters. The van der Waals surface area contributed by atoms with Crippen LogP contribution in [0.25, 0.3) is 0 Å². The number of para-hydroxylation sites is 2. The maximum atomic E-state index is 13.6. The van der Waals surface area contributed by atoms with Crippen LogP contribution in [0.1, 0.15) is 51.8 Å². The summed E-state index contributed by atoms with van der Waals surface area (Å²) in [5.74, 6) is 0.203. The van der Waals surface area contributed by atoms with Crippen molar-refractivity contribution in [1.29, 1.82) is 0 Å². The second-order valence-electron chi connectivity index (χ2n) is 8.64. The van der Waals surface area contributed by atoms with Crippen LogP contribution in [0, 0.1) is 6.92 Å². The molecule has 0 spiro atoms. The van der Waals surface area contributed by atoms with E-state index in [4.69, 9.17) is 0 Å². The molecule has 31 heavy (non-hydrogen) atoms. The molecule has 0 bridgehead atoms. The predicted molar refractivity (Wildman–Crippen MR) is 121 cm³/mol.